The fraction of sp³-hybridized carbons (Fsp3) is 0.786. The van der Waals surface area contributed by atoms with Gasteiger partial charge in [0, 0.05) is 0 Å². The number of carbonyl (C=O) groups excluding carboxylic acids is 1. The minimum absolute atomic E-state index is 0.00434. The van der Waals surface area contributed by atoms with E-state index in [1.54, 1.807) is 5.57 Å². The standard InChI is InChI=1S/C14H22O2/c1-4-10-5-12-6-11(10)7-13(12)8-16-14(15)9(2)3/h4,9,11-13H,5-8H2,1-3H3. The lowest BCUT2D eigenvalue weighted by Crippen LogP contribution is -2.22. The molecule has 0 heterocycles. The molecule has 3 unspecified atom stereocenters. The maximum absolute atomic E-state index is 11.4. The van der Waals surface area contributed by atoms with Gasteiger partial charge in [0.25, 0.3) is 0 Å². The molecule has 2 nitrogen and oxygen atoms in total. The van der Waals surface area contributed by atoms with Crippen molar-refractivity contribution >= 4 is 5.97 Å². The van der Waals surface area contributed by atoms with Gasteiger partial charge in [0.1, 0.15) is 0 Å². The SMILES string of the molecule is CC=C1CC2CC1CC2COC(=O)C(C)C. The molecule has 0 radical (unpaired) electrons. The maximum Gasteiger partial charge on any atom is 0.308 e. The second-order valence-electron chi connectivity index (χ2n) is 5.54. The Morgan fingerprint density at radius 1 is 1.50 bits per heavy atom. The summed E-state index contributed by atoms with van der Waals surface area (Å²) in [6, 6.07) is 0. The summed E-state index contributed by atoms with van der Waals surface area (Å²) in [5, 5.41) is 0. The van der Waals surface area contributed by atoms with Crippen LogP contribution in [0.15, 0.2) is 11.6 Å². The molecular weight excluding hydrogens is 200 g/mol. The minimum atomic E-state index is -0.0472. The molecule has 16 heavy (non-hydrogen) atoms. The predicted molar refractivity (Wildman–Crippen MR) is 63.9 cm³/mol. The number of esters is 1. The summed E-state index contributed by atoms with van der Waals surface area (Å²) in [4.78, 5) is 11.4. The summed E-state index contributed by atoms with van der Waals surface area (Å²) in [5.41, 5.74) is 1.64. The lowest BCUT2D eigenvalue weighted by atomic mass is 9.86. The molecule has 0 amide bonds. The van der Waals surface area contributed by atoms with Crippen molar-refractivity contribution in [3.63, 3.8) is 0 Å². The van der Waals surface area contributed by atoms with Crippen molar-refractivity contribution in [1.29, 1.82) is 0 Å². The van der Waals surface area contributed by atoms with Gasteiger partial charge in [-0.3, -0.25) is 4.79 Å². The Kier molecular flexibility index (Phi) is 3.36. The second kappa shape index (κ2) is 4.60. The quantitative estimate of drug-likeness (QED) is 0.541. The lowest BCUT2D eigenvalue weighted by Gasteiger charge is -2.23. The molecule has 0 aromatic heterocycles. The van der Waals surface area contributed by atoms with Crippen LogP contribution >= 0.6 is 0 Å². The van der Waals surface area contributed by atoms with Crippen LogP contribution in [0.4, 0.5) is 0 Å². The number of ether oxygens (including phenoxy) is 1. The second-order valence-corrected chi connectivity index (χ2v) is 5.54. The first-order valence-corrected chi connectivity index (χ1v) is 6.43. The van der Waals surface area contributed by atoms with E-state index in [0.29, 0.717) is 12.5 Å². The van der Waals surface area contributed by atoms with Gasteiger partial charge in [-0.15, -0.1) is 0 Å². The van der Waals surface area contributed by atoms with Gasteiger partial charge in [0.15, 0.2) is 0 Å². The molecular formula is C14H22O2. The summed E-state index contributed by atoms with van der Waals surface area (Å²) in [6.07, 6.45) is 6.07. The fourth-order valence-electron chi connectivity index (χ4n) is 3.15. The third-order valence-corrected chi connectivity index (χ3v) is 4.15. The summed E-state index contributed by atoms with van der Waals surface area (Å²) in [5.74, 6) is 2.14. The molecule has 0 saturated heterocycles. The zero-order valence-corrected chi connectivity index (χ0v) is 10.5. The zero-order valence-electron chi connectivity index (χ0n) is 10.5. The van der Waals surface area contributed by atoms with Crippen molar-refractivity contribution in [1.82, 2.24) is 0 Å². The van der Waals surface area contributed by atoms with Crippen molar-refractivity contribution in [3.8, 4) is 0 Å². The van der Waals surface area contributed by atoms with Crippen molar-refractivity contribution < 1.29 is 9.53 Å². The first kappa shape index (κ1) is 11.7. The summed E-state index contributed by atoms with van der Waals surface area (Å²) in [7, 11) is 0. The molecule has 0 aromatic rings. The molecule has 2 saturated carbocycles. The van der Waals surface area contributed by atoms with Crippen LogP contribution in [-0.2, 0) is 9.53 Å². The Bertz CT molecular complexity index is 304. The Morgan fingerprint density at radius 3 is 2.75 bits per heavy atom. The fourth-order valence-corrected chi connectivity index (χ4v) is 3.15. The topological polar surface area (TPSA) is 26.3 Å². The molecule has 2 aliphatic carbocycles. The van der Waals surface area contributed by atoms with Crippen molar-refractivity contribution in [2.75, 3.05) is 6.61 Å². The zero-order chi connectivity index (χ0) is 11.7. The van der Waals surface area contributed by atoms with E-state index in [0.717, 1.165) is 11.8 Å². The van der Waals surface area contributed by atoms with E-state index in [9.17, 15) is 4.79 Å². The molecule has 0 spiro atoms. The number of carbonyl (C=O) groups is 1. The Balaban J connectivity index is 1.81. The third-order valence-electron chi connectivity index (χ3n) is 4.15. The summed E-state index contributed by atoms with van der Waals surface area (Å²) >= 11 is 0. The number of rotatable bonds is 3. The van der Waals surface area contributed by atoms with Crippen molar-refractivity contribution in [3.05, 3.63) is 11.6 Å². The minimum Gasteiger partial charge on any atom is -0.465 e. The van der Waals surface area contributed by atoms with Gasteiger partial charge in [-0.05, 0) is 43.9 Å². The van der Waals surface area contributed by atoms with Crippen LogP contribution in [0, 0.1) is 23.7 Å². The first-order chi connectivity index (χ1) is 7.61. The van der Waals surface area contributed by atoms with Gasteiger partial charge in [0.05, 0.1) is 12.5 Å². The molecule has 2 aliphatic rings. The Morgan fingerprint density at radius 2 is 2.25 bits per heavy atom. The van der Waals surface area contributed by atoms with Crippen LogP contribution in [0.5, 0.6) is 0 Å². The highest BCUT2D eigenvalue weighted by molar-refractivity contribution is 5.71. The van der Waals surface area contributed by atoms with Crippen LogP contribution in [0.1, 0.15) is 40.0 Å². The van der Waals surface area contributed by atoms with E-state index < -0.39 is 0 Å². The van der Waals surface area contributed by atoms with Crippen LogP contribution in [0.3, 0.4) is 0 Å². The molecule has 2 heteroatoms. The molecule has 2 rings (SSSR count). The smallest absolute Gasteiger partial charge is 0.308 e. The highest BCUT2D eigenvalue weighted by Crippen LogP contribution is 2.51. The molecule has 0 aromatic carbocycles. The molecule has 2 bridgehead atoms. The van der Waals surface area contributed by atoms with Gasteiger partial charge < -0.3 is 4.74 Å². The monoisotopic (exact) mass is 222 g/mol. The van der Waals surface area contributed by atoms with E-state index in [1.807, 2.05) is 13.8 Å². The van der Waals surface area contributed by atoms with E-state index in [4.69, 9.17) is 4.74 Å². The lowest BCUT2D eigenvalue weighted by molar-refractivity contribution is -0.149. The largest absolute Gasteiger partial charge is 0.465 e. The molecule has 90 valence electrons. The number of hydrogen-bond donors (Lipinski definition) is 0. The Labute approximate surface area is 98.1 Å². The van der Waals surface area contributed by atoms with Crippen LogP contribution in [-0.4, -0.2) is 12.6 Å². The van der Waals surface area contributed by atoms with Crippen LogP contribution in [0.25, 0.3) is 0 Å². The van der Waals surface area contributed by atoms with Crippen molar-refractivity contribution in [2.45, 2.75) is 40.0 Å². The van der Waals surface area contributed by atoms with Gasteiger partial charge >= 0.3 is 5.97 Å². The van der Waals surface area contributed by atoms with Gasteiger partial charge in [-0.2, -0.15) is 0 Å². The first-order valence-electron chi connectivity index (χ1n) is 6.43. The van der Waals surface area contributed by atoms with Gasteiger partial charge in [-0.1, -0.05) is 25.5 Å². The summed E-state index contributed by atoms with van der Waals surface area (Å²) in [6.45, 7) is 6.57. The van der Waals surface area contributed by atoms with E-state index in [2.05, 4.69) is 13.0 Å². The normalized spacial score (nSPS) is 35.0. The predicted octanol–water partition coefficient (Wildman–Crippen LogP) is 3.18. The molecule has 0 aliphatic heterocycles. The van der Waals surface area contributed by atoms with E-state index >= 15 is 0 Å². The summed E-state index contributed by atoms with van der Waals surface area (Å²) < 4.78 is 5.35. The maximum atomic E-state index is 11.4. The number of allylic oxidation sites excluding steroid dienone is 2. The van der Waals surface area contributed by atoms with Gasteiger partial charge in [0.2, 0.25) is 0 Å². The third kappa shape index (κ3) is 2.16. The highest BCUT2D eigenvalue weighted by atomic mass is 16.5. The number of fused-ring (bicyclic) bond motifs is 2. The average molecular weight is 222 g/mol. The highest BCUT2D eigenvalue weighted by Gasteiger charge is 2.42. The van der Waals surface area contributed by atoms with E-state index in [-0.39, 0.29) is 11.9 Å². The molecule has 0 N–H and O–H groups in total. The molecule has 3 atom stereocenters. The number of hydrogen-bond acceptors (Lipinski definition) is 2. The van der Waals surface area contributed by atoms with Gasteiger partial charge in [-0.25, -0.2) is 0 Å². The average Bonchev–Trinajstić information content (AvgIpc) is 2.83. The van der Waals surface area contributed by atoms with E-state index in [1.165, 1.54) is 19.3 Å². The Hall–Kier alpha value is -0.790. The van der Waals surface area contributed by atoms with Crippen molar-refractivity contribution in [2.24, 2.45) is 23.7 Å². The van der Waals surface area contributed by atoms with Crippen LogP contribution < -0.4 is 0 Å². The molecule has 2 fully saturated rings. The van der Waals surface area contributed by atoms with Crippen LogP contribution in [0.2, 0.25) is 0 Å².